The number of nitrogens with zero attached hydrogens (tertiary/aromatic N) is 2. The molecule has 128 valence electrons. The van der Waals surface area contributed by atoms with E-state index in [0.29, 0.717) is 17.1 Å². The number of hydrogen-bond donors (Lipinski definition) is 2. The van der Waals surface area contributed by atoms with Crippen molar-refractivity contribution in [2.24, 2.45) is 0 Å². The molecule has 0 aliphatic carbocycles. The van der Waals surface area contributed by atoms with E-state index < -0.39 is 0 Å². The molecule has 0 fully saturated rings. The van der Waals surface area contributed by atoms with Gasteiger partial charge in [-0.05, 0) is 38.1 Å². The van der Waals surface area contributed by atoms with Crippen molar-refractivity contribution in [2.45, 2.75) is 13.3 Å². The molecule has 0 bridgehead atoms. The molecule has 1 aromatic heterocycles. The molecule has 1 amide bonds. The third kappa shape index (κ3) is 4.17. The van der Waals surface area contributed by atoms with E-state index in [0.717, 1.165) is 30.9 Å². The van der Waals surface area contributed by atoms with E-state index in [-0.39, 0.29) is 18.3 Å². The lowest BCUT2D eigenvalue weighted by molar-refractivity contribution is 0.0956. The van der Waals surface area contributed by atoms with Crippen LogP contribution in [0.25, 0.3) is 5.69 Å². The second-order valence-corrected chi connectivity index (χ2v) is 5.97. The molecule has 7 heteroatoms. The quantitative estimate of drug-likeness (QED) is 0.817. The Morgan fingerprint density at radius 2 is 2.29 bits per heavy atom. The molecule has 0 spiro atoms. The van der Waals surface area contributed by atoms with Gasteiger partial charge in [0.2, 0.25) is 0 Å². The fraction of sp³-hybridized carbons (Fsp3) is 0.294. The van der Waals surface area contributed by atoms with Crippen LogP contribution in [-0.2, 0) is 0 Å². The third-order valence-corrected chi connectivity index (χ3v) is 4.18. The minimum absolute atomic E-state index is 0. The van der Waals surface area contributed by atoms with E-state index in [1.54, 1.807) is 10.9 Å². The third-order valence-electron chi connectivity index (χ3n) is 3.94. The van der Waals surface area contributed by atoms with Gasteiger partial charge in [0.05, 0.1) is 23.1 Å². The Kier molecular flexibility index (Phi) is 6.43. The average molecular weight is 367 g/mol. The lowest BCUT2D eigenvalue weighted by Gasteiger charge is -2.14. The zero-order chi connectivity index (χ0) is 16.2. The van der Waals surface area contributed by atoms with E-state index in [4.69, 9.17) is 11.6 Å². The first-order valence-electron chi connectivity index (χ1n) is 7.62. The maximum atomic E-state index is 12.4. The van der Waals surface area contributed by atoms with E-state index >= 15 is 0 Å². The van der Waals surface area contributed by atoms with Crippen molar-refractivity contribution in [3.8, 4) is 5.69 Å². The van der Waals surface area contributed by atoms with Crippen molar-refractivity contribution in [2.75, 3.05) is 19.6 Å². The maximum absolute atomic E-state index is 12.4. The second kappa shape index (κ2) is 8.33. The van der Waals surface area contributed by atoms with Crippen molar-refractivity contribution in [1.29, 1.82) is 0 Å². The molecule has 1 aliphatic heterocycles. The van der Waals surface area contributed by atoms with Crippen LogP contribution in [0.15, 0.2) is 42.1 Å². The number of carbonyl (C=O) groups is 1. The predicted molar refractivity (Wildman–Crippen MR) is 98.5 cm³/mol. The Bertz CT molecular complexity index is 755. The van der Waals surface area contributed by atoms with Crippen molar-refractivity contribution in [3.63, 3.8) is 0 Å². The highest BCUT2D eigenvalue weighted by molar-refractivity contribution is 6.30. The summed E-state index contributed by atoms with van der Waals surface area (Å²) in [5.41, 5.74) is 3.48. The maximum Gasteiger partial charge on any atom is 0.255 e. The molecule has 1 aromatic carbocycles. The molecule has 0 saturated heterocycles. The van der Waals surface area contributed by atoms with Crippen LogP contribution in [0.3, 0.4) is 0 Å². The summed E-state index contributed by atoms with van der Waals surface area (Å²) < 4.78 is 1.73. The topological polar surface area (TPSA) is 59.0 Å². The van der Waals surface area contributed by atoms with E-state index in [1.165, 1.54) is 5.57 Å². The van der Waals surface area contributed by atoms with Gasteiger partial charge < -0.3 is 10.6 Å². The van der Waals surface area contributed by atoms with Gasteiger partial charge in [0, 0.05) is 18.1 Å². The molecular formula is C17H20Cl2N4O. The van der Waals surface area contributed by atoms with Crippen LogP contribution in [0.5, 0.6) is 0 Å². The summed E-state index contributed by atoms with van der Waals surface area (Å²) in [6, 6.07) is 7.41. The highest BCUT2D eigenvalue weighted by Crippen LogP contribution is 2.18. The summed E-state index contributed by atoms with van der Waals surface area (Å²) in [6.07, 6.45) is 4.70. The van der Waals surface area contributed by atoms with Gasteiger partial charge in [-0.3, -0.25) is 4.79 Å². The normalized spacial score (nSPS) is 13.8. The summed E-state index contributed by atoms with van der Waals surface area (Å²) >= 11 is 6.02. The summed E-state index contributed by atoms with van der Waals surface area (Å²) in [5, 5.41) is 11.2. The lowest BCUT2D eigenvalue weighted by Crippen LogP contribution is -2.29. The Balaban J connectivity index is 0.00000208. The van der Waals surface area contributed by atoms with Gasteiger partial charge in [0.25, 0.3) is 5.91 Å². The first-order valence-corrected chi connectivity index (χ1v) is 8.00. The largest absolute Gasteiger partial charge is 0.348 e. The van der Waals surface area contributed by atoms with Gasteiger partial charge in [0.1, 0.15) is 0 Å². The zero-order valence-electron chi connectivity index (χ0n) is 13.4. The van der Waals surface area contributed by atoms with Gasteiger partial charge in [-0.25, -0.2) is 4.68 Å². The SMILES string of the molecule is Cc1c(C(=O)NCC2=CCNCC2)cnn1-c1cccc(Cl)c1.Cl. The number of nitrogens with one attached hydrogen (secondary N) is 2. The Morgan fingerprint density at radius 1 is 1.46 bits per heavy atom. The van der Waals surface area contributed by atoms with Crippen molar-refractivity contribution >= 4 is 29.9 Å². The van der Waals surface area contributed by atoms with Crippen molar-refractivity contribution in [1.82, 2.24) is 20.4 Å². The summed E-state index contributed by atoms with van der Waals surface area (Å²) in [4.78, 5) is 12.4. The van der Waals surface area contributed by atoms with E-state index in [2.05, 4.69) is 21.8 Å². The van der Waals surface area contributed by atoms with Crippen molar-refractivity contribution in [3.05, 3.63) is 58.4 Å². The van der Waals surface area contributed by atoms with Gasteiger partial charge in [0.15, 0.2) is 0 Å². The number of halogens is 2. The number of aromatic nitrogens is 2. The first kappa shape index (κ1) is 18.5. The Labute approximate surface area is 152 Å². The molecule has 2 N–H and O–H groups in total. The predicted octanol–water partition coefficient (Wildman–Crippen LogP) is 2.91. The number of hydrogen-bond acceptors (Lipinski definition) is 3. The van der Waals surface area contributed by atoms with E-state index in [1.807, 2.05) is 31.2 Å². The molecule has 0 unspecified atom stereocenters. The van der Waals surface area contributed by atoms with E-state index in [9.17, 15) is 4.79 Å². The van der Waals surface area contributed by atoms with Crippen LogP contribution in [0.1, 0.15) is 22.5 Å². The zero-order valence-corrected chi connectivity index (χ0v) is 15.0. The van der Waals surface area contributed by atoms with Crippen LogP contribution in [-0.4, -0.2) is 35.3 Å². The minimum atomic E-state index is -0.102. The monoisotopic (exact) mass is 366 g/mol. The summed E-state index contributed by atoms with van der Waals surface area (Å²) in [6.45, 7) is 4.30. The minimum Gasteiger partial charge on any atom is -0.348 e. The van der Waals surface area contributed by atoms with Crippen LogP contribution in [0.2, 0.25) is 5.02 Å². The fourth-order valence-corrected chi connectivity index (χ4v) is 2.80. The molecule has 0 radical (unpaired) electrons. The second-order valence-electron chi connectivity index (χ2n) is 5.53. The number of amides is 1. The lowest BCUT2D eigenvalue weighted by atomic mass is 10.1. The van der Waals surface area contributed by atoms with Crippen LogP contribution >= 0.6 is 24.0 Å². The van der Waals surface area contributed by atoms with Crippen LogP contribution in [0.4, 0.5) is 0 Å². The molecular weight excluding hydrogens is 347 g/mol. The highest BCUT2D eigenvalue weighted by Gasteiger charge is 2.15. The van der Waals surface area contributed by atoms with Crippen molar-refractivity contribution < 1.29 is 4.79 Å². The molecule has 0 atom stereocenters. The van der Waals surface area contributed by atoms with Gasteiger partial charge >= 0.3 is 0 Å². The Hall–Kier alpha value is -1.82. The Morgan fingerprint density at radius 3 is 3.00 bits per heavy atom. The number of rotatable bonds is 4. The molecule has 2 aromatic rings. The van der Waals surface area contributed by atoms with Gasteiger partial charge in [-0.2, -0.15) is 5.10 Å². The summed E-state index contributed by atoms with van der Waals surface area (Å²) in [5.74, 6) is -0.102. The average Bonchev–Trinajstić information content (AvgIpc) is 2.95. The molecule has 0 saturated carbocycles. The summed E-state index contributed by atoms with van der Waals surface area (Å²) in [7, 11) is 0. The van der Waals surface area contributed by atoms with Gasteiger partial charge in [-0.15, -0.1) is 12.4 Å². The smallest absolute Gasteiger partial charge is 0.255 e. The van der Waals surface area contributed by atoms with Crippen LogP contribution < -0.4 is 10.6 Å². The molecule has 24 heavy (non-hydrogen) atoms. The molecule has 5 nitrogen and oxygen atoms in total. The molecule has 2 heterocycles. The number of benzene rings is 1. The standard InChI is InChI=1S/C17H19ClN4O.ClH/c1-12-16(17(23)20-10-13-5-7-19-8-6-13)11-21-22(12)15-4-2-3-14(18)9-15;/h2-5,9,11,19H,6-8,10H2,1H3,(H,20,23);1H. The molecule has 1 aliphatic rings. The first-order chi connectivity index (χ1) is 11.1. The number of carbonyl (C=O) groups excluding carboxylic acids is 1. The van der Waals surface area contributed by atoms with Crippen LogP contribution in [0, 0.1) is 6.92 Å². The fourth-order valence-electron chi connectivity index (χ4n) is 2.62. The molecule has 3 rings (SSSR count). The van der Waals surface area contributed by atoms with Gasteiger partial charge in [-0.1, -0.05) is 29.3 Å². The highest BCUT2D eigenvalue weighted by atomic mass is 35.5.